The van der Waals surface area contributed by atoms with Crippen molar-refractivity contribution in [2.75, 3.05) is 0 Å². The number of halogens is 4. The van der Waals surface area contributed by atoms with Crippen LogP contribution in [0.5, 0.6) is 0 Å². The molecule has 0 aliphatic heterocycles. The molecule has 0 atom stereocenters. The molecule has 0 aromatic heterocycles. The first kappa shape index (κ1) is 10.5. The van der Waals surface area contributed by atoms with Gasteiger partial charge in [0.15, 0.2) is 0 Å². The molecule has 10 heavy (non-hydrogen) atoms. The molecule has 0 saturated carbocycles. The molecule has 0 aromatic carbocycles. The first-order valence-electron chi connectivity index (χ1n) is 1.66. The van der Waals surface area contributed by atoms with Crippen molar-refractivity contribution in [2.24, 2.45) is 0 Å². The molecule has 3 nitrogen and oxygen atoms in total. The van der Waals surface area contributed by atoms with E-state index in [2.05, 4.69) is 3.21 Å². The zero-order valence-corrected chi connectivity index (χ0v) is 7.82. The van der Waals surface area contributed by atoms with Crippen molar-refractivity contribution in [3.05, 3.63) is 0 Å². The van der Waals surface area contributed by atoms with E-state index in [9.17, 15) is 21.6 Å². The van der Waals surface area contributed by atoms with Crippen LogP contribution in [0, 0.1) is 0 Å². The quantitative estimate of drug-likeness (QED) is 0.538. The van der Waals surface area contributed by atoms with Crippen LogP contribution in [0.25, 0.3) is 0 Å². The molecule has 0 aliphatic rings. The maximum atomic E-state index is 11.3. The summed E-state index contributed by atoms with van der Waals surface area (Å²) in [7, 11) is -0.708. The van der Waals surface area contributed by atoms with Crippen LogP contribution in [-0.4, -0.2) is 28.8 Å². The van der Waals surface area contributed by atoms with E-state index in [1.807, 2.05) is 0 Å². The Morgan fingerprint density at radius 2 is 1.80 bits per heavy atom. The van der Waals surface area contributed by atoms with E-state index in [4.69, 9.17) is 10.0 Å². The summed E-state index contributed by atoms with van der Waals surface area (Å²) >= 11 is -2.00. The zero-order chi connectivity index (χ0) is 8.41. The van der Waals surface area contributed by atoms with Crippen molar-refractivity contribution in [2.45, 2.75) is 5.51 Å². The topological polar surface area (TPSA) is 43.4 Å². The standard InChI is InChI=1S/CClF3GeO3S/c2-6-9-10(7,8)1(3,4)5. The molecule has 0 aliphatic carbocycles. The average Bonchev–Trinajstić information content (AvgIpc) is 1.61. The Morgan fingerprint density at radius 1 is 1.40 bits per heavy atom. The second-order valence-electron chi connectivity index (χ2n) is 1.06. The third-order valence-corrected chi connectivity index (χ3v) is 4.03. The van der Waals surface area contributed by atoms with Gasteiger partial charge in [-0.25, -0.2) is 0 Å². The Kier molecular flexibility index (Phi) is 3.46. The van der Waals surface area contributed by atoms with E-state index in [1.54, 1.807) is 0 Å². The number of hydrogen-bond acceptors (Lipinski definition) is 3. The SMILES string of the molecule is O=S(=O)([O][Ge][Cl])C(F)(F)F. The molecule has 0 rings (SSSR count). The molecular weight excluding hydrogens is 257 g/mol. The van der Waals surface area contributed by atoms with Crippen molar-refractivity contribution in [1.29, 1.82) is 0 Å². The number of hydrogen-bond donors (Lipinski definition) is 0. The summed E-state index contributed by atoms with van der Waals surface area (Å²) in [6, 6.07) is 0. The van der Waals surface area contributed by atoms with Crippen LogP contribution in [0.2, 0.25) is 0 Å². The Hall–Kier alpha value is 0.533. The molecule has 0 bridgehead atoms. The van der Waals surface area contributed by atoms with Crippen molar-refractivity contribution in [1.82, 2.24) is 0 Å². The molecule has 9 heteroatoms. The van der Waals surface area contributed by atoms with Gasteiger partial charge < -0.3 is 0 Å². The van der Waals surface area contributed by atoms with Crippen molar-refractivity contribution < 1.29 is 24.8 Å². The van der Waals surface area contributed by atoms with Gasteiger partial charge in [-0.2, -0.15) is 0 Å². The van der Waals surface area contributed by atoms with Crippen LogP contribution >= 0.6 is 10.0 Å². The Balaban J connectivity index is 4.44. The minimum absolute atomic E-state index is 2.00. The predicted molar refractivity (Wildman–Crippen MR) is 27.7 cm³/mol. The maximum absolute atomic E-state index is 11.3. The first-order valence-corrected chi connectivity index (χ1v) is 6.69. The molecule has 0 fully saturated rings. The summed E-state index contributed by atoms with van der Waals surface area (Å²) in [5.41, 5.74) is -5.36. The molecule has 0 N–H and O–H groups in total. The Labute approximate surface area is 65.6 Å². The van der Waals surface area contributed by atoms with E-state index in [1.165, 1.54) is 0 Å². The summed E-state index contributed by atoms with van der Waals surface area (Å²) in [4.78, 5) is 0. The zero-order valence-electron chi connectivity index (χ0n) is 4.14. The molecule has 0 spiro atoms. The number of alkyl halides is 3. The van der Waals surface area contributed by atoms with E-state index < -0.39 is 30.5 Å². The Morgan fingerprint density at radius 3 is 1.90 bits per heavy atom. The average molecular weight is 257 g/mol. The van der Waals surface area contributed by atoms with Gasteiger partial charge in [-0.3, -0.25) is 0 Å². The summed E-state index contributed by atoms with van der Waals surface area (Å²) < 4.78 is 56.8. The van der Waals surface area contributed by atoms with Gasteiger partial charge >= 0.3 is 65.3 Å². The normalized spacial score (nSPS) is 13.6. The van der Waals surface area contributed by atoms with Gasteiger partial charge in [0.25, 0.3) is 0 Å². The summed E-state index contributed by atoms with van der Waals surface area (Å²) in [5.74, 6) is 0. The van der Waals surface area contributed by atoms with E-state index >= 15 is 0 Å². The molecular formula is CClF3GeO3S. The van der Waals surface area contributed by atoms with Crippen LogP contribution in [0.4, 0.5) is 13.2 Å². The first-order chi connectivity index (χ1) is 4.31. The summed E-state index contributed by atoms with van der Waals surface area (Å²) in [6.07, 6.45) is 0. The van der Waals surface area contributed by atoms with Crippen LogP contribution in [0.3, 0.4) is 0 Å². The Bertz CT molecular complexity index is 196. The van der Waals surface area contributed by atoms with Crippen molar-refractivity contribution >= 4 is 35.0 Å². The molecule has 0 saturated heterocycles. The summed E-state index contributed by atoms with van der Waals surface area (Å²) in [5, 5.41) is 0. The van der Waals surface area contributed by atoms with Gasteiger partial charge in [0.2, 0.25) is 0 Å². The van der Waals surface area contributed by atoms with Gasteiger partial charge in [0, 0.05) is 0 Å². The fourth-order valence-corrected chi connectivity index (χ4v) is 2.68. The predicted octanol–water partition coefficient (Wildman–Crippen LogP) is 0.626. The van der Waals surface area contributed by atoms with Gasteiger partial charge in [0.1, 0.15) is 0 Å². The van der Waals surface area contributed by atoms with Gasteiger partial charge in [-0.1, -0.05) is 0 Å². The van der Waals surface area contributed by atoms with E-state index in [0.29, 0.717) is 0 Å². The van der Waals surface area contributed by atoms with Gasteiger partial charge in [0.05, 0.1) is 0 Å². The second-order valence-corrected chi connectivity index (χ2v) is 4.77. The van der Waals surface area contributed by atoms with Gasteiger partial charge in [-0.05, 0) is 0 Å². The minimum atomic E-state index is -5.42. The second kappa shape index (κ2) is 3.29. The summed E-state index contributed by atoms with van der Waals surface area (Å²) in [6.45, 7) is 0. The van der Waals surface area contributed by atoms with Crippen LogP contribution in [0.1, 0.15) is 0 Å². The molecule has 2 radical (unpaired) electrons. The van der Waals surface area contributed by atoms with Crippen molar-refractivity contribution in [3.8, 4) is 0 Å². The van der Waals surface area contributed by atoms with Crippen LogP contribution in [0.15, 0.2) is 0 Å². The van der Waals surface area contributed by atoms with E-state index in [-0.39, 0.29) is 0 Å². The molecule has 0 aromatic rings. The molecule has 0 amide bonds. The molecule has 0 unspecified atom stereocenters. The number of rotatable bonds is 2. The van der Waals surface area contributed by atoms with Gasteiger partial charge in [-0.15, -0.1) is 0 Å². The fraction of sp³-hybridized carbons (Fsp3) is 1.00. The third-order valence-electron chi connectivity index (χ3n) is 0.425. The fourth-order valence-electron chi connectivity index (χ4n) is 0.0887. The van der Waals surface area contributed by atoms with Crippen LogP contribution in [-0.2, 0) is 13.3 Å². The molecule has 60 valence electrons. The van der Waals surface area contributed by atoms with Crippen molar-refractivity contribution in [3.63, 3.8) is 0 Å². The molecule has 0 heterocycles. The monoisotopic (exact) mass is 258 g/mol. The van der Waals surface area contributed by atoms with Crippen LogP contribution < -0.4 is 0 Å². The third kappa shape index (κ3) is 2.64. The van der Waals surface area contributed by atoms with E-state index in [0.717, 1.165) is 0 Å².